The summed E-state index contributed by atoms with van der Waals surface area (Å²) in [6, 6.07) is -0.0159. The Bertz CT molecular complexity index is 1050. The summed E-state index contributed by atoms with van der Waals surface area (Å²) in [4.78, 5) is 29.2. The van der Waals surface area contributed by atoms with Gasteiger partial charge in [0.2, 0.25) is 0 Å². The van der Waals surface area contributed by atoms with Crippen LogP contribution in [0, 0.1) is 5.82 Å². The second-order valence-corrected chi connectivity index (χ2v) is 8.93. The maximum absolute atomic E-state index is 14.8. The number of piperazine rings is 1. The van der Waals surface area contributed by atoms with Crippen molar-refractivity contribution >= 4 is 34.4 Å². The van der Waals surface area contributed by atoms with Gasteiger partial charge in [-0.2, -0.15) is 9.97 Å². The number of halogens is 3. The Kier molecular flexibility index (Phi) is 5.40. The summed E-state index contributed by atoms with van der Waals surface area (Å²) in [5.74, 6) is -0.360. The fraction of sp³-hybridized carbons (Fsp3) is 0.600. The summed E-state index contributed by atoms with van der Waals surface area (Å²) < 4.78 is 34.8. The van der Waals surface area contributed by atoms with Crippen LogP contribution in [0.4, 0.5) is 19.4 Å². The lowest BCUT2D eigenvalue weighted by molar-refractivity contribution is 0.107. The molecule has 2 aromatic heterocycles. The topological polar surface area (TPSA) is 94.9 Å². The minimum atomic E-state index is -0.983. The molecule has 1 amide bonds. The number of alkyl halides is 1. The van der Waals surface area contributed by atoms with Gasteiger partial charge >= 0.3 is 12.1 Å². The first-order chi connectivity index (χ1) is 15.4. The van der Waals surface area contributed by atoms with Crippen molar-refractivity contribution < 1.29 is 23.4 Å². The van der Waals surface area contributed by atoms with Crippen molar-refractivity contribution in [3.8, 4) is 6.01 Å². The van der Waals surface area contributed by atoms with E-state index in [-0.39, 0.29) is 41.9 Å². The van der Waals surface area contributed by atoms with Crippen molar-refractivity contribution in [1.82, 2.24) is 24.8 Å². The molecule has 1 N–H and O–H groups in total. The minimum absolute atomic E-state index is 0.0127. The van der Waals surface area contributed by atoms with E-state index in [4.69, 9.17) is 16.3 Å². The van der Waals surface area contributed by atoms with Crippen LogP contribution in [-0.2, 0) is 0 Å². The number of ether oxygens (including phenoxy) is 1. The number of anilines is 1. The zero-order valence-corrected chi connectivity index (χ0v) is 18.1. The quantitative estimate of drug-likeness (QED) is 0.684. The third-order valence-corrected chi connectivity index (χ3v) is 6.95. The SMILES string of the molecule is O=C(O)N1CCN(c2nc(OC[C@@]34CCCN3C[C@H](F)C4)nc3c(F)c(Cl)ncc23)CC1. The van der Waals surface area contributed by atoms with Gasteiger partial charge in [-0.25, -0.2) is 18.6 Å². The lowest BCUT2D eigenvalue weighted by Crippen LogP contribution is -2.48. The molecule has 2 atom stereocenters. The zero-order chi connectivity index (χ0) is 22.5. The minimum Gasteiger partial charge on any atom is -0.465 e. The molecule has 12 heteroatoms. The van der Waals surface area contributed by atoms with E-state index in [0.29, 0.717) is 37.3 Å². The molecule has 3 fully saturated rings. The number of carbonyl (C=O) groups is 1. The highest BCUT2D eigenvalue weighted by molar-refractivity contribution is 6.30. The van der Waals surface area contributed by atoms with E-state index in [1.165, 1.54) is 11.1 Å². The van der Waals surface area contributed by atoms with Crippen LogP contribution in [0.2, 0.25) is 5.15 Å². The molecule has 0 unspecified atom stereocenters. The average molecular weight is 469 g/mol. The van der Waals surface area contributed by atoms with E-state index >= 15 is 0 Å². The third-order valence-electron chi connectivity index (χ3n) is 6.68. The lowest BCUT2D eigenvalue weighted by atomic mass is 9.95. The number of rotatable bonds is 4. The first-order valence-corrected chi connectivity index (χ1v) is 11.0. The highest BCUT2D eigenvalue weighted by Crippen LogP contribution is 2.40. The Labute approximate surface area is 187 Å². The molecule has 3 saturated heterocycles. The molecule has 5 rings (SSSR count). The van der Waals surface area contributed by atoms with Gasteiger partial charge in [0.1, 0.15) is 24.1 Å². The van der Waals surface area contributed by atoms with Gasteiger partial charge in [-0.15, -0.1) is 0 Å². The van der Waals surface area contributed by atoms with Gasteiger partial charge in [0, 0.05) is 45.3 Å². The molecule has 32 heavy (non-hydrogen) atoms. The molecule has 5 heterocycles. The van der Waals surface area contributed by atoms with Crippen molar-refractivity contribution in [3.63, 3.8) is 0 Å². The lowest BCUT2D eigenvalue weighted by Gasteiger charge is -2.34. The van der Waals surface area contributed by atoms with E-state index < -0.39 is 18.1 Å². The van der Waals surface area contributed by atoms with Crippen LogP contribution in [-0.4, -0.2) is 93.5 Å². The van der Waals surface area contributed by atoms with E-state index in [2.05, 4.69) is 19.9 Å². The number of pyridine rings is 1. The fourth-order valence-corrected chi connectivity index (χ4v) is 5.20. The van der Waals surface area contributed by atoms with Gasteiger partial charge in [-0.1, -0.05) is 11.6 Å². The van der Waals surface area contributed by atoms with E-state index in [1.807, 2.05) is 4.90 Å². The van der Waals surface area contributed by atoms with Crippen molar-refractivity contribution in [1.29, 1.82) is 0 Å². The maximum atomic E-state index is 14.8. The van der Waals surface area contributed by atoms with Crippen LogP contribution in [0.25, 0.3) is 10.9 Å². The smallest absolute Gasteiger partial charge is 0.407 e. The van der Waals surface area contributed by atoms with Gasteiger partial charge in [0.25, 0.3) is 0 Å². The second kappa shape index (κ2) is 8.11. The summed E-state index contributed by atoms with van der Waals surface area (Å²) in [6.07, 6.45) is 1.74. The molecule has 2 aromatic rings. The summed E-state index contributed by atoms with van der Waals surface area (Å²) in [6.45, 7) is 2.78. The third kappa shape index (κ3) is 3.66. The van der Waals surface area contributed by atoms with Crippen LogP contribution in [0.3, 0.4) is 0 Å². The molecule has 0 aliphatic carbocycles. The first-order valence-electron chi connectivity index (χ1n) is 10.6. The summed E-state index contributed by atoms with van der Waals surface area (Å²) in [5, 5.41) is 9.27. The highest BCUT2D eigenvalue weighted by Gasteiger charge is 2.49. The number of nitrogens with zero attached hydrogens (tertiary/aromatic N) is 6. The molecule has 0 bridgehead atoms. The average Bonchev–Trinajstić information content (AvgIpc) is 3.30. The normalized spacial score (nSPS) is 26.0. The largest absolute Gasteiger partial charge is 0.465 e. The Morgan fingerprint density at radius 2 is 2.06 bits per heavy atom. The molecular weight excluding hydrogens is 446 g/mol. The zero-order valence-electron chi connectivity index (χ0n) is 17.3. The monoisotopic (exact) mass is 468 g/mol. The Morgan fingerprint density at radius 1 is 1.28 bits per heavy atom. The summed E-state index contributed by atoms with van der Waals surface area (Å²) in [5.41, 5.74) is -0.402. The van der Waals surface area contributed by atoms with E-state index in [0.717, 1.165) is 19.4 Å². The molecule has 0 aromatic carbocycles. The predicted molar refractivity (Wildman–Crippen MR) is 113 cm³/mol. The maximum Gasteiger partial charge on any atom is 0.407 e. The van der Waals surface area contributed by atoms with Crippen LogP contribution in [0.1, 0.15) is 19.3 Å². The number of amides is 1. The molecule has 0 spiro atoms. The van der Waals surface area contributed by atoms with Gasteiger partial charge < -0.3 is 19.6 Å². The Balaban J connectivity index is 1.46. The van der Waals surface area contributed by atoms with E-state index in [1.54, 1.807) is 0 Å². The summed E-state index contributed by atoms with van der Waals surface area (Å²) in [7, 11) is 0. The number of hydrogen-bond acceptors (Lipinski definition) is 7. The molecule has 0 saturated carbocycles. The Hall–Kier alpha value is -2.53. The molecule has 9 nitrogen and oxygen atoms in total. The van der Waals surface area contributed by atoms with Crippen molar-refractivity contribution in [2.75, 3.05) is 50.8 Å². The number of hydrogen-bond donors (Lipinski definition) is 1. The standard InChI is InChI=1S/C20H23ClF2N6O3/c21-16-14(23)15-13(9-24-16)17(27-4-6-28(7-5-27)19(30)31)26-18(25-15)32-11-20-2-1-3-29(20)10-12(22)8-20/h9,12H,1-8,10-11H2,(H,30,31)/t12-,20+/m1/s1. The molecular formula is C20H23ClF2N6O3. The van der Waals surface area contributed by atoms with E-state index in [9.17, 15) is 18.7 Å². The second-order valence-electron chi connectivity index (χ2n) is 8.58. The fourth-order valence-electron chi connectivity index (χ4n) is 5.06. The number of fused-ring (bicyclic) bond motifs is 2. The van der Waals surface area contributed by atoms with Gasteiger partial charge in [-0.3, -0.25) is 4.90 Å². The molecule has 172 valence electrons. The van der Waals surface area contributed by atoms with Gasteiger partial charge in [-0.05, 0) is 19.4 Å². The first kappa shape index (κ1) is 21.3. The van der Waals surface area contributed by atoms with Crippen LogP contribution in [0.5, 0.6) is 6.01 Å². The molecule has 3 aliphatic rings. The molecule has 3 aliphatic heterocycles. The summed E-state index contributed by atoms with van der Waals surface area (Å²) >= 11 is 5.88. The number of aromatic nitrogens is 3. The van der Waals surface area contributed by atoms with Crippen LogP contribution >= 0.6 is 11.6 Å². The predicted octanol–water partition coefficient (Wildman–Crippen LogP) is 2.57. The van der Waals surface area contributed by atoms with Crippen molar-refractivity contribution in [3.05, 3.63) is 17.2 Å². The van der Waals surface area contributed by atoms with Gasteiger partial charge in [0.15, 0.2) is 11.0 Å². The van der Waals surface area contributed by atoms with Crippen LogP contribution in [0.15, 0.2) is 6.20 Å². The van der Waals surface area contributed by atoms with Gasteiger partial charge in [0.05, 0.1) is 10.9 Å². The molecule has 0 radical (unpaired) electrons. The van der Waals surface area contributed by atoms with Crippen molar-refractivity contribution in [2.24, 2.45) is 0 Å². The highest BCUT2D eigenvalue weighted by atomic mass is 35.5. The number of carboxylic acid groups (broad SMARTS) is 1. The van der Waals surface area contributed by atoms with Crippen molar-refractivity contribution in [2.45, 2.75) is 31.0 Å². The van der Waals surface area contributed by atoms with Crippen LogP contribution < -0.4 is 9.64 Å². The Morgan fingerprint density at radius 3 is 2.81 bits per heavy atom.